The molecule has 6 heteroatoms. The van der Waals surface area contributed by atoms with Crippen molar-refractivity contribution in [2.24, 2.45) is 0 Å². The maximum atomic E-state index is 10.9. The van der Waals surface area contributed by atoms with E-state index in [0.29, 0.717) is 11.6 Å². The first-order chi connectivity index (χ1) is 7.72. The van der Waals surface area contributed by atoms with Gasteiger partial charge in [-0.1, -0.05) is 0 Å². The molecule has 0 unspecified atom stereocenters. The highest BCUT2D eigenvalue weighted by atomic mass is 16.6. The molecule has 1 N–H and O–H groups in total. The minimum atomic E-state index is -0.375. The third-order valence-electron chi connectivity index (χ3n) is 2.71. The van der Waals surface area contributed by atoms with Crippen LogP contribution in [0.4, 0.5) is 17.3 Å². The smallest absolute Gasteiger partial charge is 0.311 e. The predicted octanol–water partition coefficient (Wildman–Crippen LogP) is 1.63. The topological polar surface area (TPSA) is 71.3 Å². The van der Waals surface area contributed by atoms with Gasteiger partial charge < -0.3 is 10.2 Å². The highest BCUT2D eigenvalue weighted by molar-refractivity contribution is 5.62. The van der Waals surface area contributed by atoms with Gasteiger partial charge in [0.2, 0.25) is 5.82 Å². The zero-order valence-electron chi connectivity index (χ0n) is 9.14. The Kier molecular flexibility index (Phi) is 2.89. The van der Waals surface area contributed by atoms with Crippen molar-refractivity contribution >= 4 is 17.3 Å². The van der Waals surface area contributed by atoms with Gasteiger partial charge in [-0.05, 0) is 18.9 Å². The van der Waals surface area contributed by atoms with Crippen LogP contribution in [0.2, 0.25) is 0 Å². The van der Waals surface area contributed by atoms with Crippen molar-refractivity contribution in [2.75, 3.05) is 30.4 Å². The van der Waals surface area contributed by atoms with Gasteiger partial charge in [-0.2, -0.15) is 0 Å². The molecule has 0 atom stereocenters. The third-order valence-corrected chi connectivity index (χ3v) is 2.71. The number of hydrogen-bond donors (Lipinski definition) is 1. The fourth-order valence-corrected chi connectivity index (χ4v) is 1.88. The summed E-state index contributed by atoms with van der Waals surface area (Å²) in [7, 11) is 1.75. The van der Waals surface area contributed by atoms with Gasteiger partial charge >= 0.3 is 5.69 Å². The average molecular weight is 222 g/mol. The monoisotopic (exact) mass is 222 g/mol. The largest absolute Gasteiger partial charge is 0.373 e. The van der Waals surface area contributed by atoms with E-state index in [4.69, 9.17) is 0 Å². The van der Waals surface area contributed by atoms with Crippen molar-refractivity contribution in [3.63, 3.8) is 0 Å². The van der Waals surface area contributed by atoms with E-state index in [-0.39, 0.29) is 10.6 Å². The van der Waals surface area contributed by atoms with Crippen LogP contribution in [-0.2, 0) is 0 Å². The van der Waals surface area contributed by atoms with Crippen molar-refractivity contribution in [1.82, 2.24) is 4.98 Å². The molecule has 0 saturated carbocycles. The maximum absolute atomic E-state index is 10.9. The lowest BCUT2D eigenvalue weighted by Gasteiger charge is -2.16. The van der Waals surface area contributed by atoms with Gasteiger partial charge in [-0.25, -0.2) is 4.98 Å². The summed E-state index contributed by atoms with van der Waals surface area (Å²) in [6, 6.07) is 3.13. The summed E-state index contributed by atoms with van der Waals surface area (Å²) in [4.78, 5) is 16.8. The van der Waals surface area contributed by atoms with Gasteiger partial charge in [0.05, 0.1) is 4.92 Å². The fourth-order valence-electron chi connectivity index (χ4n) is 1.88. The normalized spacial score (nSPS) is 15.2. The Morgan fingerprint density at radius 2 is 2.12 bits per heavy atom. The van der Waals surface area contributed by atoms with Gasteiger partial charge in [0.1, 0.15) is 5.82 Å². The molecule has 16 heavy (non-hydrogen) atoms. The van der Waals surface area contributed by atoms with Crippen molar-refractivity contribution in [3.05, 3.63) is 22.2 Å². The van der Waals surface area contributed by atoms with Crippen molar-refractivity contribution in [2.45, 2.75) is 12.8 Å². The molecular weight excluding hydrogens is 208 g/mol. The zero-order valence-corrected chi connectivity index (χ0v) is 9.14. The highest BCUT2D eigenvalue weighted by Gasteiger charge is 2.23. The molecule has 2 heterocycles. The summed E-state index contributed by atoms with van der Waals surface area (Å²) in [6.45, 7) is 1.70. The van der Waals surface area contributed by atoms with Gasteiger partial charge in [0.25, 0.3) is 0 Å². The maximum Gasteiger partial charge on any atom is 0.311 e. The summed E-state index contributed by atoms with van der Waals surface area (Å²) < 4.78 is 0. The lowest BCUT2D eigenvalue weighted by Crippen LogP contribution is -2.20. The minimum absolute atomic E-state index is 0.0842. The molecule has 1 saturated heterocycles. The van der Waals surface area contributed by atoms with E-state index in [0.717, 1.165) is 25.9 Å². The molecule has 1 aromatic heterocycles. The van der Waals surface area contributed by atoms with Crippen LogP contribution >= 0.6 is 0 Å². The Morgan fingerprint density at radius 3 is 2.69 bits per heavy atom. The van der Waals surface area contributed by atoms with E-state index in [1.54, 1.807) is 13.1 Å². The van der Waals surface area contributed by atoms with Gasteiger partial charge in [0.15, 0.2) is 0 Å². The van der Waals surface area contributed by atoms with Crippen LogP contribution in [0.5, 0.6) is 0 Å². The van der Waals surface area contributed by atoms with E-state index in [1.807, 2.05) is 4.90 Å². The molecule has 0 spiro atoms. The Morgan fingerprint density at radius 1 is 1.44 bits per heavy atom. The molecule has 6 nitrogen and oxygen atoms in total. The first-order valence-electron chi connectivity index (χ1n) is 5.30. The quantitative estimate of drug-likeness (QED) is 0.621. The molecule has 86 valence electrons. The molecule has 1 aromatic rings. The summed E-state index contributed by atoms with van der Waals surface area (Å²) in [5, 5.41) is 13.8. The number of pyridine rings is 1. The number of anilines is 2. The van der Waals surface area contributed by atoms with Crippen LogP contribution in [-0.4, -0.2) is 30.0 Å². The number of nitro groups is 1. The molecule has 0 aliphatic carbocycles. The van der Waals surface area contributed by atoms with E-state index in [9.17, 15) is 10.1 Å². The van der Waals surface area contributed by atoms with E-state index < -0.39 is 0 Å². The molecule has 0 bridgehead atoms. The van der Waals surface area contributed by atoms with E-state index in [2.05, 4.69) is 10.3 Å². The van der Waals surface area contributed by atoms with Crippen LogP contribution in [0.3, 0.4) is 0 Å². The standard InChI is InChI=1S/C10H14N4O2/c1-11-9-5-4-8(14(15)16)10(12-9)13-6-2-3-7-13/h4-5H,2-3,6-7H2,1H3,(H,11,12). The number of nitrogens with zero attached hydrogens (tertiary/aromatic N) is 3. The molecule has 2 rings (SSSR count). The molecule has 0 radical (unpaired) electrons. The SMILES string of the molecule is CNc1ccc([N+](=O)[O-])c(N2CCCC2)n1. The highest BCUT2D eigenvalue weighted by Crippen LogP contribution is 2.29. The lowest BCUT2D eigenvalue weighted by atomic mass is 10.3. The predicted molar refractivity (Wildman–Crippen MR) is 61.9 cm³/mol. The average Bonchev–Trinajstić information content (AvgIpc) is 2.81. The summed E-state index contributed by atoms with van der Waals surface area (Å²) in [6.07, 6.45) is 2.14. The molecule has 0 amide bonds. The Labute approximate surface area is 93.4 Å². The second-order valence-electron chi connectivity index (χ2n) is 3.74. The number of hydrogen-bond acceptors (Lipinski definition) is 5. The molecule has 1 aliphatic rings. The van der Waals surface area contributed by atoms with Crippen molar-refractivity contribution in [1.29, 1.82) is 0 Å². The van der Waals surface area contributed by atoms with Gasteiger partial charge in [-0.3, -0.25) is 10.1 Å². The zero-order chi connectivity index (χ0) is 11.5. The summed E-state index contributed by atoms with van der Waals surface area (Å²) >= 11 is 0. The summed E-state index contributed by atoms with van der Waals surface area (Å²) in [5.41, 5.74) is 0.0842. The van der Waals surface area contributed by atoms with Crippen LogP contribution < -0.4 is 10.2 Å². The second-order valence-corrected chi connectivity index (χ2v) is 3.74. The lowest BCUT2D eigenvalue weighted by molar-refractivity contribution is -0.384. The third kappa shape index (κ3) is 1.91. The first kappa shape index (κ1) is 10.7. The Balaban J connectivity index is 2.40. The van der Waals surface area contributed by atoms with Crippen LogP contribution in [0.15, 0.2) is 12.1 Å². The Hall–Kier alpha value is -1.85. The van der Waals surface area contributed by atoms with Crippen molar-refractivity contribution < 1.29 is 4.92 Å². The molecule has 1 fully saturated rings. The number of aromatic nitrogens is 1. The number of nitrogens with one attached hydrogen (secondary N) is 1. The number of rotatable bonds is 3. The van der Waals surface area contributed by atoms with E-state index in [1.165, 1.54) is 6.07 Å². The van der Waals surface area contributed by atoms with E-state index >= 15 is 0 Å². The Bertz CT molecular complexity index is 402. The molecular formula is C10H14N4O2. The fraction of sp³-hybridized carbons (Fsp3) is 0.500. The van der Waals surface area contributed by atoms with Gasteiger partial charge in [-0.15, -0.1) is 0 Å². The van der Waals surface area contributed by atoms with Gasteiger partial charge in [0, 0.05) is 26.2 Å². The summed E-state index contributed by atoms with van der Waals surface area (Å²) in [5.74, 6) is 1.14. The second kappa shape index (κ2) is 4.34. The van der Waals surface area contributed by atoms with Crippen LogP contribution in [0.1, 0.15) is 12.8 Å². The molecule has 0 aromatic carbocycles. The molecule has 1 aliphatic heterocycles. The first-order valence-corrected chi connectivity index (χ1v) is 5.30. The van der Waals surface area contributed by atoms with Crippen LogP contribution in [0.25, 0.3) is 0 Å². The van der Waals surface area contributed by atoms with Crippen LogP contribution in [0, 0.1) is 10.1 Å². The van der Waals surface area contributed by atoms with Crippen molar-refractivity contribution in [3.8, 4) is 0 Å². The minimum Gasteiger partial charge on any atom is -0.373 e.